The lowest BCUT2D eigenvalue weighted by atomic mass is 9.89. The van der Waals surface area contributed by atoms with Gasteiger partial charge in [0.2, 0.25) is 5.91 Å². The van der Waals surface area contributed by atoms with Gasteiger partial charge >= 0.3 is 0 Å². The Morgan fingerprint density at radius 2 is 2.04 bits per heavy atom. The number of hydrogen-bond acceptors (Lipinski definition) is 6. The standard InChI is InChI=1S/C19H24FN3O3S/c1-13(25-16-9-7-15(20)8-10-16)18-22-23-19(26-18)27-12-17(24)21-11-14-5-3-2-4-6-14/h7-10,13-14H,2-6,11-12H2,1H3,(H,21,24)/t13-/m1/s1. The number of thioether (sulfide) groups is 1. The van der Waals surface area contributed by atoms with E-state index < -0.39 is 6.10 Å². The molecule has 6 nitrogen and oxygen atoms in total. The number of hydrogen-bond donors (Lipinski definition) is 1. The fraction of sp³-hybridized carbons (Fsp3) is 0.526. The zero-order valence-corrected chi connectivity index (χ0v) is 16.1. The van der Waals surface area contributed by atoms with E-state index in [1.807, 2.05) is 0 Å². The van der Waals surface area contributed by atoms with Gasteiger partial charge in [-0.25, -0.2) is 4.39 Å². The van der Waals surface area contributed by atoms with E-state index in [1.165, 1.54) is 68.1 Å². The number of aromatic nitrogens is 2. The summed E-state index contributed by atoms with van der Waals surface area (Å²) < 4.78 is 24.1. The lowest BCUT2D eigenvalue weighted by Gasteiger charge is -2.21. The van der Waals surface area contributed by atoms with Crippen molar-refractivity contribution >= 4 is 17.7 Å². The molecule has 1 heterocycles. The maximum atomic E-state index is 12.9. The van der Waals surface area contributed by atoms with Gasteiger partial charge in [0.1, 0.15) is 11.6 Å². The molecule has 27 heavy (non-hydrogen) atoms. The molecular formula is C19H24FN3O3S. The van der Waals surface area contributed by atoms with Gasteiger partial charge in [0.05, 0.1) is 5.75 Å². The zero-order chi connectivity index (χ0) is 19.1. The maximum absolute atomic E-state index is 12.9. The molecule has 8 heteroatoms. The van der Waals surface area contributed by atoms with Crippen molar-refractivity contribution in [2.45, 2.75) is 50.4 Å². The third-order valence-electron chi connectivity index (χ3n) is 4.54. The highest BCUT2D eigenvalue weighted by atomic mass is 32.2. The summed E-state index contributed by atoms with van der Waals surface area (Å²) in [5.41, 5.74) is 0. The number of amides is 1. The van der Waals surface area contributed by atoms with E-state index in [0.717, 1.165) is 6.54 Å². The Morgan fingerprint density at radius 3 is 2.78 bits per heavy atom. The number of rotatable bonds is 8. The summed E-state index contributed by atoms with van der Waals surface area (Å²) in [5.74, 6) is 1.31. The number of carbonyl (C=O) groups is 1. The quantitative estimate of drug-likeness (QED) is 0.679. The normalized spacial score (nSPS) is 16.1. The maximum Gasteiger partial charge on any atom is 0.277 e. The summed E-state index contributed by atoms with van der Waals surface area (Å²) in [4.78, 5) is 12.0. The van der Waals surface area contributed by atoms with Crippen LogP contribution >= 0.6 is 11.8 Å². The molecule has 0 aliphatic heterocycles. The predicted octanol–water partition coefficient (Wildman–Crippen LogP) is 4.14. The van der Waals surface area contributed by atoms with Gasteiger partial charge in [-0.3, -0.25) is 4.79 Å². The van der Waals surface area contributed by atoms with E-state index >= 15 is 0 Å². The first-order valence-electron chi connectivity index (χ1n) is 9.25. The fourth-order valence-electron chi connectivity index (χ4n) is 3.04. The van der Waals surface area contributed by atoms with Crippen LogP contribution in [0.3, 0.4) is 0 Å². The van der Waals surface area contributed by atoms with Crippen LogP contribution in [-0.2, 0) is 4.79 Å². The van der Waals surface area contributed by atoms with E-state index in [-0.39, 0.29) is 17.5 Å². The zero-order valence-electron chi connectivity index (χ0n) is 15.3. The van der Waals surface area contributed by atoms with Crippen LogP contribution in [0.2, 0.25) is 0 Å². The first kappa shape index (κ1) is 19.7. The molecule has 1 aromatic heterocycles. The van der Waals surface area contributed by atoms with Crippen LogP contribution in [0.15, 0.2) is 33.9 Å². The minimum atomic E-state index is -0.475. The minimum absolute atomic E-state index is 0.0269. The lowest BCUT2D eigenvalue weighted by molar-refractivity contribution is -0.118. The van der Waals surface area contributed by atoms with E-state index in [0.29, 0.717) is 22.8 Å². The predicted molar refractivity (Wildman–Crippen MR) is 100 cm³/mol. The van der Waals surface area contributed by atoms with Crippen molar-refractivity contribution in [1.82, 2.24) is 15.5 Å². The van der Waals surface area contributed by atoms with Gasteiger partial charge < -0.3 is 14.5 Å². The number of nitrogens with zero attached hydrogens (tertiary/aromatic N) is 2. The van der Waals surface area contributed by atoms with Crippen molar-refractivity contribution in [1.29, 1.82) is 0 Å². The summed E-state index contributed by atoms with van der Waals surface area (Å²) in [6.07, 6.45) is 5.76. The molecule has 1 N–H and O–H groups in total. The molecule has 1 amide bonds. The molecular weight excluding hydrogens is 369 g/mol. The van der Waals surface area contributed by atoms with Gasteiger partial charge in [-0.15, -0.1) is 10.2 Å². The molecule has 1 atom stereocenters. The Hall–Kier alpha value is -2.09. The van der Waals surface area contributed by atoms with Crippen molar-refractivity contribution in [2.75, 3.05) is 12.3 Å². The summed E-state index contributed by atoms with van der Waals surface area (Å²) in [5, 5.41) is 11.2. The van der Waals surface area contributed by atoms with Crippen LogP contribution in [-0.4, -0.2) is 28.4 Å². The first-order valence-corrected chi connectivity index (χ1v) is 10.2. The fourth-order valence-corrected chi connectivity index (χ4v) is 3.64. The van der Waals surface area contributed by atoms with Gasteiger partial charge in [0, 0.05) is 6.54 Å². The molecule has 1 aliphatic carbocycles. The van der Waals surface area contributed by atoms with Gasteiger partial charge in [0.15, 0.2) is 6.10 Å². The van der Waals surface area contributed by atoms with E-state index in [9.17, 15) is 9.18 Å². The molecule has 1 aliphatic rings. The molecule has 0 bridgehead atoms. The summed E-state index contributed by atoms with van der Waals surface area (Å²) in [6.45, 7) is 2.51. The van der Waals surface area contributed by atoms with Gasteiger partial charge in [-0.1, -0.05) is 31.0 Å². The average molecular weight is 393 g/mol. The molecule has 0 unspecified atom stereocenters. The van der Waals surface area contributed by atoms with Crippen LogP contribution in [0, 0.1) is 11.7 Å². The van der Waals surface area contributed by atoms with Crippen LogP contribution in [0.4, 0.5) is 4.39 Å². The Morgan fingerprint density at radius 1 is 1.30 bits per heavy atom. The number of nitrogens with one attached hydrogen (secondary N) is 1. The monoisotopic (exact) mass is 393 g/mol. The molecule has 2 aromatic rings. The van der Waals surface area contributed by atoms with Crippen LogP contribution in [0.25, 0.3) is 0 Å². The van der Waals surface area contributed by atoms with E-state index in [2.05, 4.69) is 15.5 Å². The third kappa shape index (κ3) is 6.23. The smallest absolute Gasteiger partial charge is 0.277 e. The SMILES string of the molecule is C[C@@H](Oc1ccc(F)cc1)c1nnc(SCC(=O)NCC2CCCCC2)o1. The molecule has 1 saturated carbocycles. The largest absolute Gasteiger partial charge is 0.481 e. The Bertz CT molecular complexity index is 732. The molecule has 0 spiro atoms. The number of ether oxygens (including phenoxy) is 1. The topological polar surface area (TPSA) is 77.2 Å². The Kier molecular flexibility index (Phi) is 7.09. The van der Waals surface area contributed by atoms with Gasteiger partial charge in [-0.05, 0) is 49.9 Å². The molecule has 3 rings (SSSR count). The Labute approximate surface area is 162 Å². The molecule has 1 aromatic carbocycles. The molecule has 0 saturated heterocycles. The second kappa shape index (κ2) is 9.73. The third-order valence-corrected chi connectivity index (χ3v) is 5.35. The van der Waals surface area contributed by atoms with Crippen molar-refractivity contribution < 1.29 is 18.3 Å². The van der Waals surface area contributed by atoms with Crippen molar-refractivity contribution in [3.05, 3.63) is 36.0 Å². The number of halogens is 1. The van der Waals surface area contributed by atoms with Gasteiger partial charge in [-0.2, -0.15) is 0 Å². The van der Waals surface area contributed by atoms with Gasteiger partial charge in [0.25, 0.3) is 11.1 Å². The van der Waals surface area contributed by atoms with Crippen molar-refractivity contribution in [3.63, 3.8) is 0 Å². The number of carbonyl (C=O) groups excluding carboxylic acids is 1. The minimum Gasteiger partial charge on any atom is -0.481 e. The second-order valence-corrected chi connectivity index (χ2v) is 7.64. The Balaban J connectivity index is 1.41. The van der Waals surface area contributed by atoms with E-state index in [1.54, 1.807) is 6.92 Å². The summed E-state index contributed by atoms with van der Waals surface area (Å²) in [6, 6.07) is 5.72. The molecule has 0 radical (unpaired) electrons. The van der Waals surface area contributed by atoms with Crippen LogP contribution < -0.4 is 10.1 Å². The lowest BCUT2D eigenvalue weighted by Crippen LogP contribution is -2.31. The average Bonchev–Trinajstić information content (AvgIpc) is 3.16. The first-order chi connectivity index (χ1) is 13.1. The second-order valence-electron chi connectivity index (χ2n) is 6.72. The highest BCUT2D eigenvalue weighted by molar-refractivity contribution is 7.99. The van der Waals surface area contributed by atoms with Crippen LogP contribution in [0.5, 0.6) is 5.75 Å². The number of benzene rings is 1. The highest BCUT2D eigenvalue weighted by Crippen LogP contribution is 2.25. The molecule has 1 fully saturated rings. The highest BCUT2D eigenvalue weighted by Gasteiger charge is 2.18. The van der Waals surface area contributed by atoms with Crippen molar-refractivity contribution in [3.8, 4) is 5.75 Å². The van der Waals surface area contributed by atoms with Crippen LogP contribution in [0.1, 0.15) is 51.0 Å². The summed E-state index contributed by atoms with van der Waals surface area (Å²) >= 11 is 1.20. The summed E-state index contributed by atoms with van der Waals surface area (Å²) in [7, 11) is 0. The molecule has 146 valence electrons. The van der Waals surface area contributed by atoms with E-state index in [4.69, 9.17) is 9.15 Å². The van der Waals surface area contributed by atoms with Crippen molar-refractivity contribution in [2.24, 2.45) is 5.92 Å².